The van der Waals surface area contributed by atoms with Crippen molar-refractivity contribution >= 4 is 10.1 Å². The Morgan fingerprint density at radius 1 is 1.04 bits per heavy atom. The molecule has 1 aromatic carbocycles. The van der Waals surface area contributed by atoms with Gasteiger partial charge in [-0.05, 0) is 30.5 Å². The van der Waals surface area contributed by atoms with E-state index in [-0.39, 0.29) is 23.9 Å². The predicted octanol–water partition coefficient (Wildman–Crippen LogP) is 4.54. The van der Waals surface area contributed by atoms with E-state index in [1.807, 2.05) is 12.1 Å². The SMILES string of the molecule is CCCCCCCCCc1ccc(OCCOCCC#N)c(S(=O)(=O)O)c1. The number of hydrogen-bond acceptors (Lipinski definition) is 5. The van der Waals surface area contributed by atoms with Crippen LogP contribution in [0.3, 0.4) is 0 Å². The number of rotatable bonds is 15. The molecule has 0 radical (unpaired) electrons. The molecule has 0 heterocycles. The summed E-state index contributed by atoms with van der Waals surface area (Å²) in [5, 5.41) is 8.42. The molecule has 0 saturated heterocycles. The van der Waals surface area contributed by atoms with Crippen LogP contribution in [0, 0.1) is 11.3 Å². The number of ether oxygens (including phenoxy) is 2. The Balaban J connectivity index is 2.51. The predicted molar refractivity (Wildman–Crippen MR) is 104 cm³/mol. The maximum absolute atomic E-state index is 11.7. The number of nitrogens with zero attached hydrogens (tertiary/aromatic N) is 1. The molecule has 0 fully saturated rings. The fourth-order valence-electron chi connectivity index (χ4n) is 2.75. The van der Waals surface area contributed by atoms with Gasteiger partial charge in [0.1, 0.15) is 17.3 Å². The number of hydrogen-bond donors (Lipinski definition) is 1. The lowest BCUT2D eigenvalue weighted by Gasteiger charge is -2.12. The van der Waals surface area contributed by atoms with E-state index in [9.17, 15) is 13.0 Å². The molecule has 27 heavy (non-hydrogen) atoms. The van der Waals surface area contributed by atoms with Crippen LogP contribution in [0.2, 0.25) is 0 Å². The third-order valence-corrected chi connectivity index (χ3v) is 5.07. The summed E-state index contributed by atoms with van der Waals surface area (Å²) in [6, 6.07) is 6.86. The zero-order valence-corrected chi connectivity index (χ0v) is 17.0. The van der Waals surface area contributed by atoms with Crippen LogP contribution >= 0.6 is 0 Å². The lowest BCUT2D eigenvalue weighted by molar-refractivity contribution is 0.103. The summed E-state index contributed by atoms with van der Waals surface area (Å²) in [6.07, 6.45) is 9.40. The highest BCUT2D eigenvalue weighted by atomic mass is 32.2. The maximum atomic E-state index is 11.7. The molecular weight excluding hydrogens is 366 g/mol. The fraction of sp³-hybridized carbons (Fsp3) is 0.650. The Bertz CT molecular complexity index is 682. The first kappa shape index (κ1) is 23.4. The Labute approximate surface area is 163 Å². The highest BCUT2D eigenvalue weighted by molar-refractivity contribution is 7.86. The minimum absolute atomic E-state index is 0.115. The summed E-state index contributed by atoms with van der Waals surface area (Å²) < 4.78 is 43.4. The van der Waals surface area contributed by atoms with Gasteiger partial charge in [-0.15, -0.1) is 0 Å². The molecule has 7 heteroatoms. The van der Waals surface area contributed by atoms with Gasteiger partial charge in [-0.1, -0.05) is 51.5 Å². The number of unbranched alkanes of at least 4 members (excludes halogenated alkanes) is 6. The van der Waals surface area contributed by atoms with Crippen LogP contribution in [0.25, 0.3) is 0 Å². The molecular formula is C20H31NO5S. The minimum atomic E-state index is -4.36. The van der Waals surface area contributed by atoms with E-state index in [0.29, 0.717) is 13.0 Å². The molecule has 0 bridgehead atoms. The molecule has 0 saturated carbocycles. The van der Waals surface area contributed by atoms with Gasteiger partial charge in [0.25, 0.3) is 10.1 Å². The van der Waals surface area contributed by atoms with Crippen molar-refractivity contribution in [2.75, 3.05) is 19.8 Å². The van der Waals surface area contributed by atoms with Gasteiger partial charge in [-0.25, -0.2) is 0 Å². The van der Waals surface area contributed by atoms with Crippen molar-refractivity contribution in [2.45, 2.75) is 69.6 Å². The van der Waals surface area contributed by atoms with E-state index in [2.05, 4.69) is 6.92 Å². The first-order valence-corrected chi connectivity index (χ1v) is 11.1. The van der Waals surface area contributed by atoms with Crippen molar-refractivity contribution in [3.05, 3.63) is 23.8 Å². The van der Waals surface area contributed by atoms with Gasteiger partial charge in [0.05, 0.1) is 25.7 Å². The third kappa shape index (κ3) is 10.3. The summed E-state index contributed by atoms with van der Waals surface area (Å²) in [7, 11) is -4.36. The standard InChI is InChI=1S/C20H31NO5S/c1-2-3-4-5-6-7-8-10-18-11-12-19(20(17-18)27(22,23)24)26-16-15-25-14-9-13-21/h11-12,17H,2-10,14-16H2,1H3,(H,22,23,24). The van der Waals surface area contributed by atoms with Gasteiger partial charge in [-0.2, -0.15) is 13.7 Å². The topological polar surface area (TPSA) is 96.6 Å². The fourth-order valence-corrected chi connectivity index (χ4v) is 3.43. The van der Waals surface area contributed by atoms with Crippen LogP contribution in [-0.2, 0) is 21.3 Å². The molecule has 0 atom stereocenters. The lowest BCUT2D eigenvalue weighted by Crippen LogP contribution is -2.10. The van der Waals surface area contributed by atoms with E-state index < -0.39 is 10.1 Å². The Morgan fingerprint density at radius 3 is 2.41 bits per heavy atom. The summed E-state index contributed by atoms with van der Waals surface area (Å²) in [4.78, 5) is -0.208. The van der Waals surface area contributed by atoms with E-state index in [1.165, 1.54) is 38.2 Å². The van der Waals surface area contributed by atoms with Crippen molar-refractivity contribution in [1.29, 1.82) is 5.26 Å². The summed E-state index contributed by atoms with van der Waals surface area (Å²) in [5.41, 5.74) is 0.869. The molecule has 0 aliphatic carbocycles. The van der Waals surface area contributed by atoms with Gasteiger partial charge in [0.2, 0.25) is 0 Å². The average Bonchev–Trinajstić information content (AvgIpc) is 2.63. The average molecular weight is 398 g/mol. The highest BCUT2D eigenvalue weighted by Crippen LogP contribution is 2.26. The molecule has 0 amide bonds. The quantitative estimate of drug-likeness (QED) is 0.345. The minimum Gasteiger partial charge on any atom is -0.490 e. The van der Waals surface area contributed by atoms with Crippen molar-refractivity contribution in [3.63, 3.8) is 0 Å². The zero-order chi connectivity index (χ0) is 20.0. The summed E-state index contributed by atoms with van der Waals surface area (Å²) in [6.45, 7) is 2.89. The highest BCUT2D eigenvalue weighted by Gasteiger charge is 2.17. The first-order chi connectivity index (χ1) is 13.0. The number of benzene rings is 1. The number of nitriles is 1. The van der Waals surface area contributed by atoms with Gasteiger partial charge >= 0.3 is 0 Å². The normalized spacial score (nSPS) is 11.3. The Hall–Kier alpha value is -1.62. The van der Waals surface area contributed by atoms with Crippen LogP contribution < -0.4 is 4.74 Å². The molecule has 1 aromatic rings. The van der Waals surface area contributed by atoms with Crippen molar-refractivity contribution in [1.82, 2.24) is 0 Å². The van der Waals surface area contributed by atoms with E-state index in [1.54, 1.807) is 6.07 Å². The van der Waals surface area contributed by atoms with E-state index >= 15 is 0 Å². The number of aryl methyl sites for hydroxylation is 1. The van der Waals surface area contributed by atoms with Crippen molar-refractivity contribution in [3.8, 4) is 11.8 Å². The Morgan fingerprint density at radius 2 is 1.74 bits per heavy atom. The van der Waals surface area contributed by atoms with Gasteiger partial charge in [0, 0.05) is 0 Å². The monoisotopic (exact) mass is 397 g/mol. The Kier molecular flexibility index (Phi) is 11.7. The van der Waals surface area contributed by atoms with Crippen LogP contribution in [0.4, 0.5) is 0 Å². The molecule has 1 N–H and O–H groups in total. The third-order valence-electron chi connectivity index (χ3n) is 4.20. The molecule has 0 unspecified atom stereocenters. The van der Waals surface area contributed by atoms with Crippen LogP contribution in [-0.4, -0.2) is 32.8 Å². The van der Waals surface area contributed by atoms with E-state index in [0.717, 1.165) is 24.8 Å². The molecule has 0 aliphatic rings. The second-order valence-corrected chi connectivity index (χ2v) is 7.89. The van der Waals surface area contributed by atoms with Crippen molar-refractivity contribution < 1.29 is 22.4 Å². The largest absolute Gasteiger partial charge is 0.490 e. The summed E-state index contributed by atoms with van der Waals surface area (Å²) >= 11 is 0. The molecule has 0 aliphatic heterocycles. The van der Waals surface area contributed by atoms with Crippen LogP contribution in [0.1, 0.15) is 63.9 Å². The molecule has 0 aromatic heterocycles. The molecule has 152 valence electrons. The smallest absolute Gasteiger partial charge is 0.298 e. The van der Waals surface area contributed by atoms with Crippen LogP contribution in [0.15, 0.2) is 23.1 Å². The van der Waals surface area contributed by atoms with Gasteiger partial charge in [-0.3, -0.25) is 4.55 Å². The first-order valence-electron chi connectivity index (χ1n) is 9.67. The second-order valence-electron chi connectivity index (χ2n) is 6.50. The molecule has 6 nitrogen and oxygen atoms in total. The second kappa shape index (κ2) is 13.5. The summed E-state index contributed by atoms with van der Waals surface area (Å²) in [5.74, 6) is 0.115. The maximum Gasteiger partial charge on any atom is 0.298 e. The van der Waals surface area contributed by atoms with Crippen molar-refractivity contribution in [2.24, 2.45) is 0 Å². The van der Waals surface area contributed by atoms with Gasteiger partial charge < -0.3 is 9.47 Å². The molecule has 1 rings (SSSR count). The van der Waals surface area contributed by atoms with Crippen LogP contribution in [0.5, 0.6) is 5.75 Å². The molecule has 0 spiro atoms. The van der Waals surface area contributed by atoms with Gasteiger partial charge in [0.15, 0.2) is 0 Å². The zero-order valence-electron chi connectivity index (χ0n) is 16.2. The lowest BCUT2D eigenvalue weighted by atomic mass is 10.0. The van der Waals surface area contributed by atoms with E-state index in [4.69, 9.17) is 14.7 Å².